The molecule has 0 saturated carbocycles. The first kappa shape index (κ1) is 14.8. The van der Waals surface area contributed by atoms with Crippen LogP contribution in [-0.4, -0.2) is 29.6 Å². The summed E-state index contributed by atoms with van der Waals surface area (Å²) in [7, 11) is 2.08. The summed E-state index contributed by atoms with van der Waals surface area (Å²) in [6.45, 7) is 3.01. The Morgan fingerprint density at radius 2 is 2.05 bits per heavy atom. The molecule has 106 valence electrons. The van der Waals surface area contributed by atoms with Crippen LogP contribution >= 0.6 is 11.3 Å². The summed E-state index contributed by atoms with van der Waals surface area (Å²) in [5.41, 5.74) is 1.30. The molecule has 0 aliphatic rings. The van der Waals surface area contributed by atoms with Crippen LogP contribution in [0.25, 0.3) is 0 Å². The normalized spacial score (nSPS) is 12.6. The van der Waals surface area contributed by atoms with Gasteiger partial charge in [-0.3, -0.25) is 4.90 Å². The summed E-state index contributed by atoms with van der Waals surface area (Å²) in [5.74, 6) is -0.852. The second-order valence-electron chi connectivity index (χ2n) is 4.88. The number of nitrogens with zero attached hydrogens (tertiary/aromatic N) is 1. The van der Waals surface area contributed by atoms with E-state index < -0.39 is 5.97 Å². The maximum Gasteiger partial charge on any atom is 0.335 e. The van der Waals surface area contributed by atoms with E-state index in [1.54, 1.807) is 23.5 Å². The van der Waals surface area contributed by atoms with Gasteiger partial charge in [0.1, 0.15) is 0 Å². The molecule has 1 N–H and O–H groups in total. The van der Waals surface area contributed by atoms with Crippen molar-refractivity contribution in [1.29, 1.82) is 0 Å². The average molecular weight is 289 g/mol. The fourth-order valence-corrected chi connectivity index (χ4v) is 3.03. The van der Waals surface area contributed by atoms with E-state index in [-0.39, 0.29) is 0 Å². The van der Waals surface area contributed by atoms with Crippen molar-refractivity contribution in [2.45, 2.75) is 19.4 Å². The fraction of sp³-hybridized carbons (Fsp3) is 0.312. The van der Waals surface area contributed by atoms with Gasteiger partial charge in [-0.25, -0.2) is 4.79 Å². The Morgan fingerprint density at radius 1 is 1.30 bits per heavy atom. The van der Waals surface area contributed by atoms with Gasteiger partial charge in [0, 0.05) is 17.5 Å². The highest BCUT2D eigenvalue weighted by molar-refractivity contribution is 7.10. The number of carbonyl (C=O) groups is 1. The van der Waals surface area contributed by atoms with Gasteiger partial charge in [0.2, 0.25) is 0 Å². The maximum absolute atomic E-state index is 11.2. The van der Waals surface area contributed by atoms with Crippen LogP contribution in [0, 0.1) is 0 Å². The van der Waals surface area contributed by atoms with Gasteiger partial charge in [0.05, 0.1) is 5.56 Å². The third kappa shape index (κ3) is 3.46. The molecule has 3 nitrogen and oxygen atoms in total. The third-order valence-corrected chi connectivity index (χ3v) is 4.64. The number of likely N-dealkylation sites (N-methyl/N-ethyl adjacent to an activating group) is 1. The maximum atomic E-state index is 11.2. The molecule has 1 heterocycles. The molecule has 0 saturated heterocycles. The minimum Gasteiger partial charge on any atom is -0.478 e. The Kier molecular flexibility index (Phi) is 4.93. The number of hydrogen-bond donors (Lipinski definition) is 1. The number of hydrogen-bond acceptors (Lipinski definition) is 3. The molecule has 4 heteroatoms. The van der Waals surface area contributed by atoms with E-state index in [0.29, 0.717) is 11.6 Å². The number of aromatic carboxylic acids is 1. The van der Waals surface area contributed by atoms with Crippen molar-refractivity contribution in [2.24, 2.45) is 0 Å². The number of rotatable bonds is 6. The van der Waals surface area contributed by atoms with Crippen LogP contribution in [0.2, 0.25) is 0 Å². The number of carboxylic acid groups (broad SMARTS) is 1. The fourth-order valence-electron chi connectivity index (χ4n) is 2.18. The molecule has 1 aromatic heterocycles. The monoisotopic (exact) mass is 289 g/mol. The Bertz CT molecular complexity index is 566. The van der Waals surface area contributed by atoms with Gasteiger partial charge in [0.15, 0.2) is 0 Å². The van der Waals surface area contributed by atoms with E-state index in [1.807, 2.05) is 12.1 Å². The molecule has 0 amide bonds. The van der Waals surface area contributed by atoms with Gasteiger partial charge in [-0.05, 0) is 43.5 Å². The Hall–Kier alpha value is -1.65. The second-order valence-corrected chi connectivity index (χ2v) is 5.86. The topological polar surface area (TPSA) is 40.5 Å². The third-order valence-electron chi connectivity index (χ3n) is 3.60. The average Bonchev–Trinajstić information content (AvgIpc) is 2.98. The lowest BCUT2D eigenvalue weighted by molar-refractivity contribution is 0.0695. The standard InChI is InChI=1S/C16H19NO2S/c1-12(15-8-5-11-20-15)17(2)10-9-13-6-3-4-7-14(13)16(18)19/h3-8,11-12H,9-10H2,1-2H3,(H,18,19). The lowest BCUT2D eigenvalue weighted by Crippen LogP contribution is -2.24. The molecule has 0 bridgehead atoms. The first-order valence-electron chi connectivity index (χ1n) is 6.64. The number of benzene rings is 1. The molecule has 20 heavy (non-hydrogen) atoms. The van der Waals surface area contributed by atoms with Gasteiger partial charge >= 0.3 is 5.97 Å². The van der Waals surface area contributed by atoms with Crippen molar-refractivity contribution in [3.63, 3.8) is 0 Å². The van der Waals surface area contributed by atoms with E-state index in [4.69, 9.17) is 0 Å². The van der Waals surface area contributed by atoms with Crippen LogP contribution in [0.3, 0.4) is 0 Å². The minimum atomic E-state index is -0.852. The van der Waals surface area contributed by atoms with Gasteiger partial charge in [-0.1, -0.05) is 24.3 Å². The molecule has 1 unspecified atom stereocenters. The molecule has 0 aliphatic carbocycles. The Morgan fingerprint density at radius 3 is 2.70 bits per heavy atom. The van der Waals surface area contributed by atoms with Gasteiger partial charge in [0.25, 0.3) is 0 Å². The zero-order valence-electron chi connectivity index (χ0n) is 11.7. The zero-order valence-corrected chi connectivity index (χ0v) is 12.6. The highest BCUT2D eigenvalue weighted by Crippen LogP contribution is 2.23. The zero-order chi connectivity index (χ0) is 14.5. The van der Waals surface area contributed by atoms with Gasteiger partial charge < -0.3 is 5.11 Å². The quantitative estimate of drug-likeness (QED) is 0.882. The predicted molar refractivity (Wildman–Crippen MR) is 82.5 cm³/mol. The molecular weight excluding hydrogens is 270 g/mol. The Balaban J connectivity index is 2.00. The molecular formula is C16H19NO2S. The van der Waals surface area contributed by atoms with E-state index >= 15 is 0 Å². The van der Waals surface area contributed by atoms with E-state index in [0.717, 1.165) is 18.5 Å². The van der Waals surface area contributed by atoms with Crippen LogP contribution in [0.15, 0.2) is 41.8 Å². The lowest BCUT2D eigenvalue weighted by Gasteiger charge is -2.24. The predicted octanol–water partition coefficient (Wildman–Crippen LogP) is 3.68. The first-order chi connectivity index (χ1) is 9.59. The molecule has 2 aromatic rings. The summed E-state index contributed by atoms with van der Waals surface area (Å²) in [4.78, 5) is 14.8. The van der Waals surface area contributed by atoms with Crippen LogP contribution in [0.4, 0.5) is 0 Å². The molecule has 1 atom stereocenters. The number of thiophene rings is 1. The summed E-state index contributed by atoms with van der Waals surface area (Å²) >= 11 is 1.75. The van der Waals surface area contributed by atoms with Crippen LogP contribution in [0.1, 0.15) is 33.8 Å². The van der Waals surface area contributed by atoms with Gasteiger partial charge in [-0.2, -0.15) is 0 Å². The van der Waals surface area contributed by atoms with E-state index in [9.17, 15) is 9.90 Å². The molecule has 0 spiro atoms. The summed E-state index contributed by atoms with van der Waals surface area (Å²) in [5, 5.41) is 11.3. The first-order valence-corrected chi connectivity index (χ1v) is 7.52. The largest absolute Gasteiger partial charge is 0.478 e. The smallest absolute Gasteiger partial charge is 0.335 e. The second kappa shape index (κ2) is 6.68. The highest BCUT2D eigenvalue weighted by Gasteiger charge is 2.14. The van der Waals surface area contributed by atoms with Gasteiger partial charge in [-0.15, -0.1) is 11.3 Å². The number of carboxylic acids is 1. The Labute approximate surface area is 123 Å². The molecule has 0 radical (unpaired) electrons. The van der Waals surface area contributed by atoms with Crippen molar-refractivity contribution in [2.75, 3.05) is 13.6 Å². The van der Waals surface area contributed by atoms with E-state index in [2.05, 4.69) is 36.4 Å². The molecule has 1 aromatic carbocycles. The van der Waals surface area contributed by atoms with Crippen molar-refractivity contribution in [1.82, 2.24) is 4.90 Å². The van der Waals surface area contributed by atoms with E-state index in [1.165, 1.54) is 4.88 Å². The van der Waals surface area contributed by atoms with Crippen molar-refractivity contribution >= 4 is 17.3 Å². The van der Waals surface area contributed by atoms with Crippen molar-refractivity contribution in [3.8, 4) is 0 Å². The summed E-state index contributed by atoms with van der Waals surface area (Å²) < 4.78 is 0. The molecule has 0 aliphatic heterocycles. The van der Waals surface area contributed by atoms with Crippen molar-refractivity contribution < 1.29 is 9.90 Å². The molecule has 0 fully saturated rings. The van der Waals surface area contributed by atoms with Crippen LogP contribution in [0.5, 0.6) is 0 Å². The molecule has 2 rings (SSSR count). The van der Waals surface area contributed by atoms with Crippen LogP contribution < -0.4 is 0 Å². The van der Waals surface area contributed by atoms with Crippen LogP contribution in [-0.2, 0) is 6.42 Å². The lowest BCUT2D eigenvalue weighted by atomic mass is 10.0. The highest BCUT2D eigenvalue weighted by atomic mass is 32.1. The summed E-state index contributed by atoms with van der Waals surface area (Å²) in [6, 6.07) is 11.8. The summed E-state index contributed by atoms with van der Waals surface area (Å²) in [6.07, 6.45) is 0.745. The van der Waals surface area contributed by atoms with Crippen molar-refractivity contribution in [3.05, 3.63) is 57.8 Å². The SMILES string of the molecule is CC(c1cccs1)N(C)CCc1ccccc1C(=O)O. The minimum absolute atomic E-state index is 0.354.